The van der Waals surface area contributed by atoms with Crippen LogP contribution in [0.4, 0.5) is 0 Å². The van der Waals surface area contributed by atoms with Crippen LogP contribution < -0.4 is 0 Å². The van der Waals surface area contributed by atoms with Crippen molar-refractivity contribution in [3.05, 3.63) is 66.6 Å². The predicted molar refractivity (Wildman–Crippen MR) is 62.2 cm³/mol. The molecule has 0 aliphatic carbocycles. The van der Waals surface area contributed by atoms with Crippen molar-refractivity contribution in [1.82, 2.24) is 0 Å². The molecule has 0 spiro atoms. The Morgan fingerprint density at radius 1 is 0.929 bits per heavy atom. The summed E-state index contributed by atoms with van der Waals surface area (Å²) in [6.45, 7) is 2.03. The van der Waals surface area contributed by atoms with Crippen LogP contribution >= 0.6 is 0 Å². The molecule has 0 nitrogen and oxygen atoms in total. The van der Waals surface area contributed by atoms with Crippen LogP contribution in [-0.2, 0) is 0 Å². The lowest BCUT2D eigenvalue weighted by Crippen LogP contribution is -1.81. The zero-order valence-electron chi connectivity index (χ0n) is 8.27. The first-order chi connectivity index (χ1) is 6.92. The van der Waals surface area contributed by atoms with E-state index in [9.17, 15) is 0 Å². The SMILES string of the molecule is C/C=C/[CH]c1cccc2ccccc12. The smallest absolute Gasteiger partial charge is 0.0128 e. The van der Waals surface area contributed by atoms with Gasteiger partial charge in [-0.3, -0.25) is 0 Å². The molecule has 0 heteroatoms. The Labute approximate surface area is 84.9 Å². The monoisotopic (exact) mass is 181 g/mol. The Hall–Kier alpha value is -1.56. The topological polar surface area (TPSA) is 0 Å². The summed E-state index contributed by atoms with van der Waals surface area (Å²) in [7, 11) is 0. The third kappa shape index (κ3) is 1.69. The van der Waals surface area contributed by atoms with Gasteiger partial charge in [0, 0.05) is 6.42 Å². The Morgan fingerprint density at radius 2 is 1.71 bits per heavy atom. The highest BCUT2D eigenvalue weighted by Crippen LogP contribution is 2.19. The molecule has 0 saturated carbocycles. The van der Waals surface area contributed by atoms with Gasteiger partial charge in [0.15, 0.2) is 0 Å². The minimum Gasteiger partial charge on any atom is -0.0910 e. The fourth-order valence-corrected chi connectivity index (χ4v) is 1.60. The lowest BCUT2D eigenvalue weighted by atomic mass is 10.0. The van der Waals surface area contributed by atoms with Crippen LogP contribution in [0.25, 0.3) is 10.8 Å². The molecule has 0 bridgehead atoms. The first kappa shape index (κ1) is 9.01. The molecule has 0 saturated heterocycles. The Balaban J connectivity index is 2.53. The van der Waals surface area contributed by atoms with E-state index in [2.05, 4.69) is 55.0 Å². The molecule has 0 unspecified atom stereocenters. The maximum absolute atomic E-state index is 2.16. The maximum atomic E-state index is 2.16. The second kappa shape index (κ2) is 4.10. The van der Waals surface area contributed by atoms with Gasteiger partial charge in [-0.2, -0.15) is 0 Å². The molecule has 0 N–H and O–H groups in total. The van der Waals surface area contributed by atoms with Gasteiger partial charge in [-0.1, -0.05) is 54.6 Å². The molecule has 0 heterocycles. The van der Waals surface area contributed by atoms with Crippen molar-refractivity contribution in [3.8, 4) is 0 Å². The van der Waals surface area contributed by atoms with Crippen molar-refractivity contribution in [3.63, 3.8) is 0 Å². The zero-order chi connectivity index (χ0) is 9.80. The van der Waals surface area contributed by atoms with E-state index in [-0.39, 0.29) is 0 Å². The fraction of sp³-hybridized carbons (Fsp3) is 0.0714. The summed E-state index contributed by atoms with van der Waals surface area (Å²) in [6.07, 6.45) is 6.26. The minimum atomic E-state index is 1.28. The molecule has 69 valence electrons. The highest BCUT2D eigenvalue weighted by Gasteiger charge is 1.97. The summed E-state index contributed by atoms with van der Waals surface area (Å²) >= 11 is 0. The number of benzene rings is 2. The maximum Gasteiger partial charge on any atom is 0.0128 e. The second-order valence-corrected chi connectivity index (χ2v) is 3.26. The van der Waals surface area contributed by atoms with E-state index in [0.29, 0.717) is 0 Å². The van der Waals surface area contributed by atoms with Crippen LogP contribution in [0.15, 0.2) is 54.6 Å². The molecule has 0 aliphatic rings. The van der Waals surface area contributed by atoms with E-state index in [1.807, 2.05) is 13.0 Å². The normalized spacial score (nSPS) is 11.2. The van der Waals surface area contributed by atoms with Gasteiger partial charge in [-0.05, 0) is 23.3 Å². The molecule has 0 aliphatic heterocycles. The van der Waals surface area contributed by atoms with Gasteiger partial charge in [0.25, 0.3) is 0 Å². The summed E-state index contributed by atoms with van der Waals surface area (Å²) < 4.78 is 0. The van der Waals surface area contributed by atoms with Gasteiger partial charge in [0.1, 0.15) is 0 Å². The van der Waals surface area contributed by atoms with Gasteiger partial charge >= 0.3 is 0 Å². The number of hydrogen-bond donors (Lipinski definition) is 0. The number of fused-ring (bicyclic) bond motifs is 1. The Kier molecular flexibility index (Phi) is 2.64. The molecule has 2 aromatic rings. The quantitative estimate of drug-likeness (QED) is 0.657. The van der Waals surface area contributed by atoms with Crippen molar-refractivity contribution in [2.75, 3.05) is 0 Å². The first-order valence-electron chi connectivity index (χ1n) is 4.85. The van der Waals surface area contributed by atoms with E-state index in [1.54, 1.807) is 0 Å². The second-order valence-electron chi connectivity index (χ2n) is 3.26. The Bertz CT molecular complexity index is 447. The van der Waals surface area contributed by atoms with Gasteiger partial charge in [0.2, 0.25) is 0 Å². The highest BCUT2D eigenvalue weighted by atomic mass is 14.0. The molecular formula is C14H13. The van der Waals surface area contributed by atoms with Crippen LogP contribution in [0.2, 0.25) is 0 Å². The average molecular weight is 181 g/mol. The Morgan fingerprint density at radius 3 is 2.57 bits per heavy atom. The highest BCUT2D eigenvalue weighted by molar-refractivity contribution is 5.86. The predicted octanol–water partition coefficient (Wildman–Crippen LogP) is 3.97. The first-order valence-corrected chi connectivity index (χ1v) is 4.85. The minimum absolute atomic E-state index is 1.28. The molecule has 0 amide bonds. The van der Waals surface area contributed by atoms with Gasteiger partial charge in [0.05, 0.1) is 0 Å². The number of hydrogen-bond acceptors (Lipinski definition) is 0. The van der Waals surface area contributed by atoms with Crippen LogP contribution in [0, 0.1) is 6.42 Å². The van der Waals surface area contributed by atoms with Gasteiger partial charge in [-0.15, -0.1) is 0 Å². The van der Waals surface area contributed by atoms with E-state index in [0.717, 1.165) is 0 Å². The van der Waals surface area contributed by atoms with E-state index < -0.39 is 0 Å². The zero-order valence-corrected chi connectivity index (χ0v) is 8.27. The number of allylic oxidation sites excluding steroid dienone is 2. The summed E-state index contributed by atoms with van der Waals surface area (Å²) in [5.74, 6) is 0. The molecule has 0 aromatic heterocycles. The van der Waals surface area contributed by atoms with E-state index in [1.165, 1.54) is 16.3 Å². The molecule has 0 fully saturated rings. The van der Waals surface area contributed by atoms with Crippen LogP contribution in [0.3, 0.4) is 0 Å². The van der Waals surface area contributed by atoms with Crippen molar-refractivity contribution < 1.29 is 0 Å². The molecule has 2 aromatic carbocycles. The van der Waals surface area contributed by atoms with Crippen molar-refractivity contribution in [2.45, 2.75) is 6.92 Å². The number of rotatable bonds is 2. The van der Waals surface area contributed by atoms with Crippen molar-refractivity contribution in [2.24, 2.45) is 0 Å². The molecule has 14 heavy (non-hydrogen) atoms. The van der Waals surface area contributed by atoms with Crippen molar-refractivity contribution in [1.29, 1.82) is 0 Å². The van der Waals surface area contributed by atoms with Gasteiger partial charge in [-0.25, -0.2) is 0 Å². The average Bonchev–Trinajstić information content (AvgIpc) is 2.26. The van der Waals surface area contributed by atoms with Crippen LogP contribution in [0.5, 0.6) is 0 Å². The lowest BCUT2D eigenvalue weighted by molar-refractivity contribution is 1.55. The summed E-state index contributed by atoms with van der Waals surface area (Å²) in [5, 5.41) is 2.61. The van der Waals surface area contributed by atoms with Crippen LogP contribution in [0.1, 0.15) is 12.5 Å². The van der Waals surface area contributed by atoms with Gasteiger partial charge < -0.3 is 0 Å². The fourth-order valence-electron chi connectivity index (χ4n) is 1.60. The summed E-state index contributed by atoms with van der Waals surface area (Å²) in [5.41, 5.74) is 1.28. The van der Waals surface area contributed by atoms with E-state index in [4.69, 9.17) is 0 Å². The third-order valence-corrected chi connectivity index (χ3v) is 2.29. The van der Waals surface area contributed by atoms with Crippen LogP contribution in [-0.4, -0.2) is 0 Å². The summed E-state index contributed by atoms with van der Waals surface area (Å²) in [6, 6.07) is 14.8. The molecular weight excluding hydrogens is 168 g/mol. The molecule has 0 atom stereocenters. The van der Waals surface area contributed by atoms with E-state index >= 15 is 0 Å². The summed E-state index contributed by atoms with van der Waals surface area (Å²) in [4.78, 5) is 0. The molecule has 2 rings (SSSR count). The third-order valence-electron chi connectivity index (χ3n) is 2.29. The lowest BCUT2D eigenvalue weighted by Gasteiger charge is -2.02. The standard InChI is InChI=1S/C14H13/c1-2-3-7-12-9-6-10-13-8-4-5-11-14(12)13/h2-11H,1H3/b3-2+. The largest absolute Gasteiger partial charge is 0.0910 e. The van der Waals surface area contributed by atoms with Crippen molar-refractivity contribution >= 4 is 10.8 Å². The molecule has 1 radical (unpaired) electrons.